The number of aryl methyl sites for hydroxylation is 1. The summed E-state index contributed by atoms with van der Waals surface area (Å²) >= 11 is 0. The van der Waals surface area contributed by atoms with E-state index in [-0.39, 0.29) is 12.4 Å². The van der Waals surface area contributed by atoms with Crippen molar-refractivity contribution in [3.8, 4) is 11.1 Å². The topological polar surface area (TPSA) is 43.4 Å². The third-order valence-electron chi connectivity index (χ3n) is 9.81. The summed E-state index contributed by atoms with van der Waals surface area (Å²) in [5, 5.41) is 0. The number of benzene rings is 3. The second-order valence-electron chi connectivity index (χ2n) is 13.3. The van der Waals surface area contributed by atoms with Crippen molar-refractivity contribution in [3.63, 3.8) is 0 Å². The van der Waals surface area contributed by atoms with Crippen LogP contribution in [0.4, 0.5) is 0 Å². The normalized spacial score (nSPS) is 16.4. The van der Waals surface area contributed by atoms with Gasteiger partial charge in [0.2, 0.25) is 0 Å². The lowest BCUT2D eigenvalue weighted by Crippen LogP contribution is -2.15. The number of carbonyl (C=O) groups is 2. The van der Waals surface area contributed by atoms with Crippen molar-refractivity contribution in [1.82, 2.24) is 0 Å². The fourth-order valence-electron chi connectivity index (χ4n) is 6.91. The standard InChI is InChI=1S/C42H56O3/c1-3-5-6-7-8-9-10-11-12-13-15-34-18-22-36(23-19-34)38-26-30-40(31-27-38)42(44)45-32-41(43)39-28-24-37(25-29-39)35-20-16-33(14-4-2)17-21-35/h18-19,22-31,33,35H,3-17,20-21,32H2,1-2H3. The van der Waals surface area contributed by atoms with Gasteiger partial charge < -0.3 is 4.74 Å². The highest BCUT2D eigenvalue weighted by Gasteiger charge is 2.22. The Bertz CT molecular complexity index is 1270. The second-order valence-corrected chi connectivity index (χ2v) is 13.3. The van der Waals surface area contributed by atoms with Crippen LogP contribution >= 0.6 is 0 Å². The van der Waals surface area contributed by atoms with Crippen LogP contribution in [0.3, 0.4) is 0 Å². The number of Topliss-reactive ketones (excluding diaryl/α,β-unsaturated/α-hetero) is 1. The molecule has 45 heavy (non-hydrogen) atoms. The molecular weight excluding hydrogens is 552 g/mol. The van der Waals surface area contributed by atoms with Gasteiger partial charge in [-0.2, -0.15) is 0 Å². The molecule has 0 N–H and O–H groups in total. The summed E-state index contributed by atoms with van der Waals surface area (Å²) in [4.78, 5) is 25.4. The van der Waals surface area contributed by atoms with Gasteiger partial charge in [0.05, 0.1) is 5.56 Å². The van der Waals surface area contributed by atoms with Gasteiger partial charge in [-0.05, 0) is 84.7 Å². The van der Waals surface area contributed by atoms with Crippen molar-refractivity contribution in [2.24, 2.45) is 5.92 Å². The minimum atomic E-state index is -0.470. The number of hydrogen-bond acceptors (Lipinski definition) is 3. The van der Waals surface area contributed by atoms with Crippen molar-refractivity contribution in [3.05, 3.63) is 95.1 Å². The number of unbranched alkanes of at least 4 members (excludes halogenated alkanes) is 9. The van der Waals surface area contributed by atoms with Crippen LogP contribution in [0.1, 0.15) is 154 Å². The van der Waals surface area contributed by atoms with Crippen LogP contribution in [-0.4, -0.2) is 18.4 Å². The molecular formula is C42H56O3. The lowest BCUT2D eigenvalue weighted by molar-refractivity contribution is 0.0475. The van der Waals surface area contributed by atoms with Crippen molar-refractivity contribution in [2.45, 2.75) is 129 Å². The molecule has 0 bridgehead atoms. The predicted molar refractivity (Wildman–Crippen MR) is 188 cm³/mol. The summed E-state index contributed by atoms with van der Waals surface area (Å²) < 4.78 is 5.39. The molecule has 0 atom stereocenters. The van der Waals surface area contributed by atoms with Gasteiger partial charge in [-0.3, -0.25) is 4.79 Å². The molecule has 1 fully saturated rings. The maximum absolute atomic E-state index is 12.7. The Hall–Kier alpha value is -3.20. The van der Waals surface area contributed by atoms with Gasteiger partial charge in [-0.15, -0.1) is 0 Å². The Balaban J connectivity index is 1.15. The molecule has 1 saturated carbocycles. The van der Waals surface area contributed by atoms with Crippen molar-refractivity contribution < 1.29 is 14.3 Å². The van der Waals surface area contributed by atoms with Gasteiger partial charge >= 0.3 is 5.97 Å². The number of rotatable bonds is 19. The molecule has 0 aromatic heterocycles. The van der Waals surface area contributed by atoms with Crippen LogP contribution in [0.25, 0.3) is 11.1 Å². The Kier molecular flexibility index (Phi) is 14.9. The van der Waals surface area contributed by atoms with Gasteiger partial charge in [0, 0.05) is 5.56 Å². The Morgan fingerprint density at radius 3 is 1.71 bits per heavy atom. The van der Waals surface area contributed by atoms with E-state index in [4.69, 9.17) is 4.74 Å². The van der Waals surface area contributed by atoms with E-state index in [0.717, 1.165) is 23.5 Å². The van der Waals surface area contributed by atoms with Crippen LogP contribution in [0, 0.1) is 5.92 Å². The molecule has 0 spiro atoms. The van der Waals surface area contributed by atoms with Crippen LogP contribution in [0.5, 0.6) is 0 Å². The summed E-state index contributed by atoms with van der Waals surface area (Å²) in [7, 11) is 0. The molecule has 1 aliphatic rings. The van der Waals surface area contributed by atoms with Crippen LogP contribution in [0.2, 0.25) is 0 Å². The van der Waals surface area contributed by atoms with Gasteiger partial charge in [-0.1, -0.05) is 145 Å². The van der Waals surface area contributed by atoms with Gasteiger partial charge in [0.1, 0.15) is 0 Å². The van der Waals surface area contributed by atoms with Crippen molar-refractivity contribution in [2.75, 3.05) is 6.61 Å². The number of ether oxygens (including phenoxy) is 1. The van der Waals surface area contributed by atoms with Crippen molar-refractivity contribution >= 4 is 11.8 Å². The third-order valence-corrected chi connectivity index (χ3v) is 9.81. The molecule has 0 heterocycles. The van der Waals surface area contributed by atoms with E-state index in [9.17, 15) is 9.59 Å². The van der Waals surface area contributed by atoms with Crippen LogP contribution < -0.4 is 0 Å². The van der Waals surface area contributed by atoms with Gasteiger partial charge in [0.15, 0.2) is 12.4 Å². The minimum Gasteiger partial charge on any atom is -0.454 e. The first kappa shape index (κ1) is 34.7. The first-order valence-corrected chi connectivity index (χ1v) is 18.1. The fraction of sp³-hybridized carbons (Fsp3) is 0.524. The monoisotopic (exact) mass is 608 g/mol. The lowest BCUT2D eigenvalue weighted by Gasteiger charge is -2.28. The third kappa shape index (κ3) is 11.6. The highest BCUT2D eigenvalue weighted by atomic mass is 16.5. The summed E-state index contributed by atoms with van der Waals surface area (Å²) in [5.41, 5.74) is 5.95. The number of ketones is 1. The largest absolute Gasteiger partial charge is 0.454 e. The van der Waals surface area contributed by atoms with Crippen LogP contribution in [0.15, 0.2) is 72.8 Å². The molecule has 4 rings (SSSR count). The Labute approximate surface area is 273 Å². The summed E-state index contributed by atoms with van der Waals surface area (Å²) in [6.07, 6.45) is 22.4. The van der Waals surface area contributed by atoms with E-state index in [1.807, 2.05) is 24.3 Å². The average molecular weight is 609 g/mol. The van der Waals surface area contributed by atoms with E-state index in [1.165, 1.54) is 114 Å². The molecule has 0 saturated heterocycles. The summed E-state index contributed by atoms with van der Waals surface area (Å²) in [5.74, 6) is 0.835. The van der Waals surface area contributed by atoms with E-state index >= 15 is 0 Å². The zero-order chi connectivity index (χ0) is 31.7. The minimum absolute atomic E-state index is 0.170. The average Bonchev–Trinajstić information content (AvgIpc) is 3.09. The molecule has 0 amide bonds. The summed E-state index contributed by atoms with van der Waals surface area (Å²) in [6.45, 7) is 4.30. The number of carbonyl (C=O) groups excluding carboxylic acids is 2. The highest BCUT2D eigenvalue weighted by molar-refractivity contribution is 5.99. The predicted octanol–water partition coefficient (Wildman–Crippen LogP) is 11.9. The van der Waals surface area contributed by atoms with E-state index in [0.29, 0.717) is 17.0 Å². The van der Waals surface area contributed by atoms with Gasteiger partial charge in [0.25, 0.3) is 0 Å². The summed E-state index contributed by atoms with van der Waals surface area (Å²) in [6, 6.07) is 24.2. The molecule has 3 aromatic carbocycles. The fourth-order valence-corrected chi connectivity index (χ4v) is 6.91. The molecule has 0 radical (unpaired) electrons. The first-order valence-electron chi connectivity index (χ1n) is 18.1. The first-order chi connectivity index (χ1) is 22.1. The maximum Gasteiger partial charge on any atom is 0.338 e. The van der Waals surface area contributed by atoms with Gasteiger partial charge in [-0.25, -0.2) is 4.79 Å². The Morgan fingerprint density at radius 1 is 0.600 bits per heavy atom. The Morgan fingerprint density at radius 2 is 1.13 bits per heavy atom. The van der Waals surface area contributed by atoms with E-state index in [2.05, 4.69) is 50.2 Å². The molecule has 3 aromatic rings. The molecule has 3 nitrogen and oxygen atoms in total. The quantitative estimate of drug-likeness (QED) is 0.0772. The second kappa shape index (κ2) is 19.3. The molecule has 0 aliphatic heterocycles. The number of esters is 1. The molecule has 0 unspecified atom stereocenters. The zero-order valence-electron chi connectivity index (χ0n) is 28.0. The molecule has 3 heteroatoms. The lowest BCUT2D eigenvalue weighted by atomic mass is 9.77. The van der Waals surface area contributed by atoms with Crippen LogP contribution in [-0.2, 0) is 11.2 Å². The number of hydrogen-bond donors (Lipinski definition) is 0. The van der Waals surface area contributed by atoms with E-state index < -0.39 is 5.97 Å². The van der Waals surface area contributed by atoms with E-state index in [1.54, 1.807) is 12.1 Å². The van der Waals surface area contributed by atoms with Crippen molar-refractivity contribution in [1.29, 1.82) is 0 Å². The smallest absolute Gasteiger partial charge is 0.338 e. The molecule has 1 aliphatic carbocycles. The maximum atomic E-state index is 12.7. The SMILES string of the molecule is CCCCCCCCCCCCc1ccc(-c2ccc(C(=O)OCC(=O)c3ccc(C4CCC(CCC)CC4)cc3)cc2)cc1. The zero-order valence-corrected chi connectivity index (χ0v) is 28.0. The molecule has 242 valence electrons. The highest BCUT2D eigenvalue weighted by Crippen LogP contribution is 2.37.